The third-order valence-electron chi connectivity index (χ3n) is 2.90. The third kappa shape index (κ3) is 2.82. The van der Waals surface area contributed by atoms with E-state index in [-0.39, 0.29) is 6.79 Å². The van der Waals surface area contributed by atoms with Gasteiger partial charge in [-0.25, -0.2) is 0 Å². The maximum absolute atomic E-state index is 5.98. The Balaban J connectivity index is 1.75. The second-order valence-electron chi connectivity index (χ2n) is 4.29. The maximum atomic E-state index is 5.98. The first kappa shape index (κ1) is 13.9. The second kappa shape index (κ2) is 5.72. The minimum atomic E-state index is 0.262. The van der Waals surface area contributed by atoms with Crippen molar-refractivity contribution < 1.29 is 9.47 Å². The van der Waals surface area contributed by atoms with Crippen LogP contribution in [0, 0.1) is 0 Å². The Bertz CT molecular complexity index is 664. The van der Waals surface area contributed by atoms with Crippen molar-refractivity contribution in [2.24, 2.45) is 0 Å². The fourth-order valence-corrected chi connectivity index (χ4v) is 2.84. The number of nitrogens with one attached hydrogen (secondary N) is 1. The van der Waals surface area contributed by atoms with E-state index in [9.17, 15) is 0 Å². The number of fused-ring (bicyclic) bond motifs is 1. The van der Waals surface area contributed by atoms with Crippen molar-refractivity contribution in [1.82, 2.24) is 0 Å². The molecule has 0 atom stereocenters. The molecule has 0 aliphatic carbocycles. The van der Waals surface area contributed by atoms with Gasteiger partial charge in [0, 0.05) is 12.2 Å². The van der Waals surface area contributed by atoms with E-state index in [1.165, 1.54) is 0 Å². The van der Waals surface area contributed by atoms with E-state index in [0.717, 1.165) is 27.2 Å². The maximum Gasteiger partial charge on any atom is 0.231 e. The van der Waals surface area contributed by atoms with Crippen LogP contribution in [0.3, 0.4) is 0 Å². The van der Waals surface area contributed by atoms with Crippen LogP contribution in [0.25, 0.3) is 0 Å². The van der Waals surface area contributed by atoms with Crippen LogP contribution in [0.1, 0.15) is 5.56 Å². The topological polar surface area (TPSA) is 30.5 Å². The van der Waals surface area contributed by atoms with Crippen molar-refractivity contribution in [2.75, 3.05) is 12.1 Å². The highest BCUT2D eigenvalue weighted by Gasteiger charge is 2.17. The molecule has 20 heavy (non-hydrogen) atoms. The molecule has 104 valence electrons. The SMILES string of the molecule is Clc1ccc(NCc2cc(Br)c3c(c2)OCO3)cc1Cl. The Morgan fingerprint density at radius 1 is 1.10 bits per heavy atom. The van der Waals surface area contributed by atoms with E-state index in [4.69, 9.17) is 32.7 Å². The van der Waals surface area contributed by atoms with Gasteiger partial charge in [0.2, 0.25) is 6.79 Å². The van der Waals surface area contributed by atoms with Crippen LogP contribution >= 0.6 is 39.1 Å². The van der Waals surface area contributed by atoms with Gasteiger partial charge in [-0.05, 0) is 51.8 Å². The summed E-state index contributed by atoms with van der Waals surface area (Å²) in [5, 5.41) is 4.36. The molecule has 0 saturated heterocycles. The summed E-state index contributed by atoms with van der Waals surface area (Å²) in [6, 6.07) is 9.40. The van der Waals surface area contributed by atoms with Crippen molar-refractivity contribution in [2.45, 2.75) is 6.54 Å². The summed E-state index contributed by atoms with van der Waals surface area (Å²) in [5.74, 6) is 1.51. The van der Waals surface area contributed by atoms with Crippen molar-refractivity contribution in [3.05, 3.63) is 50.4 Å². The Morgan fingerprint density at radius 2 is 1.95 bits per heavy atom. The first-order valence-corrected chi connectivity index (χ1v) is 7.45. The summed E-state index contributed by atoms with van der Waals surface area (Å²) in [6.45, 7) is 0.908. The third-order valence-corrected chi connectivity index (χ3v) is 4.23. The molecule has 1 heterocycles. The van der Waals surface area contributed by atoms with Crippen LogP contribution in [0.2, 0.25) is 10.0 Å². The molecule has 1 aliphatic heterocycles. The van der Waals surface area contributed by atoms with E-state index in [1.54, 1.807) is 12.1 Å². The van der Waals surface area contributed by atoms with Crippen LogP contribution in [0.15, 0.2) is 34.8 Å². The zero-order chi connectivity index (χ0) is 14.1. The summed E-state index contributed by atoms with van der Waals surface area (Å²) in [7, 11) is 0. The predicted molar refractivity (Wildman–Crippen MR) is 84.1 cm³/mol. The minimum absolute atomic E-state index is 0.262. The van der Waals surface area contributed by atoms with E-state index < -0.39 is 0 Å². The van der Waals surface area contributed by atoms with E-state index >= 15 is 0 Å². The Kier molecular flexibility index (Phi) is 3.96. The average molecular weight is 375 g/mol. The van der Waals surface area contributed by atoms with Crippen molar-refractivity contribution in [3.63, 3.8) is 0 Å². The molecule has 0 saturated carbocycles. The van der Waals surface area contributed by atoms with Crippen molar-refractivity contribution in [1.29, 1.82) is 0 Å². The number of hydrogen-bond donors (Lipinski definition) is 1. The molecule has 0 aromatic heterocycles. The molecule has 0 bridgehead atoms. The first-order valence-electron chi connectivity index (χ1n) is 5.90. The molecule has 3 rings (SSSR count). The lowest BCUT2D eigenvalue weighted by atomic mass is 10.2. The number of anilines is 1. The highest BCUT2D eigenvalue weighted by Crippen LogP contribution is 2.40. The lowest BCUT2D eigenvalue weighted by Crippen LogP contribution is -1.99. The molecule has 0 fully saturated rings. The number of ether oxygens (including phenoxy) is 2. The van der Waals surface area contributed by atoms with E-state index in [2.05, 4.69) is 21.2 Å². The van der Waals surface area contributed by atoms with Gasteiger partial charge in [0.25, 0.3) is 0 Å². The van der Waals surface area contributed by atoms with Gasteiger partial charge < -0.3 is 14.8 Å². The fraction of sp³-hybridized carbons (Fsp3) is 0.143. The Hall–Kier alpha value is -1.10. The van der Waals surface area contributed by atoms with Crippen LogP contribution in [-0.4, -0.2) is 6.79 Å². The molecule has 0 radical (unpaired) electrons. The number of halogens is 3. The smallest absolute Gasteiger partial charge is 0.231 e. The summed E-state index contributed by atoms with van der Waals surface area (Å²) in [6.07, 6.45) is 0. The van der Waals surface area contributed by atoms with Crippen LogP contribution < -0.4 is 14.8 Å². The van der Waals surface area contributed by atoms with Crippen LogP contribution in [-0.2, 0) is 6.54 Å². The van der Waals surface area contributed by atoms with Gasteiger partial charge in [0.1, 0.15) is 0 Å². The molecular formula is C14H10BrCl2NO2. The normalized spacial score (nSPS) is 12.6. The standard InChI is InChI=1S/C14H10BrCl2NO2/c15-10-3-8(4-13-14(10)20-7-19-13)6-18-9-1-2-11(16)12(17)5-9/h1-5,18H,6-7H2. The van der Waals surface area contributed by atoms with Gasteiger partial charge in [-0.2, -0.15) is 0 Å². The summed E-state index contributed by atoms with van der Waals surface area (Å²) >= 11 is 15.3. The molecule has 2 aromatic carbocycles. The lowest BCUT2D eigenvalue weighted by Gasteiger charge is -2.09. The number of benzene rings is 2. The quantitative estimate of drug-likeness (QED) is 0.810. The molecule has 1 aliphatic rings. The summed E-state index contributed by atoms with van der Waals surface area (Å²) < 4.78 is 11.6. The molecule has 0 spiro atoms. The molecule has 1 N–H and O–H groups in total. The minimum Gasteiger partial charge on any atom is -0.454 e. The van der Waals surface area contributed by atoms with E-state index in [1.807, 2.05) is 18.2 Å². The van der Waals surface area contributed by atoms with Crippen LogP contribution in [0.4, 0.5) is 5.69 Å². The first-order chi connectivity index (χ1) is 9.63. The van der Waals surface area contributed by atoms with Gasteiger partial charge in [-0.15, -0.1) is 0 Å². The molecule has 0 amide bonds. The zero-order valence-corrected chi connectivity index (χ0v) is 13.3. The van der Waals surface area contributed by atoms with Crippen molar-refractivity contribution in [3.8, 4) is 11.5 Å². The van der Waals surface area contributed by atoms with Gasteiger partial charge >= 0.3 is 0 Å². The lowest BCUT2D eigenvalue weighted by molar-refractivity contribution is 0.173. The van der Waals surface area contributed by atoms with Crippen LogP contribution in [0.5, 0.6) is 11.5 Å². The monoisotopic (exact) mass is 373 g/mol. The Morgan fingerprint density at radius 3 is 2.75 bits per heavy atom. The Labute approximate surface area is 134 Å². The van der Waals surface area contributed by atoms with Gasteiger partial charge in [-0.3, -0.25) is 0 Å². The van der Waals surface area contributed by atoms with Gasteiger partial charge in [-0.1, -0.05) is 23.2 Å². The number of rotatable bonds is 3. The molecule has 6 heteroatoms. The molecule has 3 nitrogen and oxygen atoms in total. The fourth-order valence-electron chi connectivity index (χ4n) is 1.93. The van der Waals surface area contributed by atoms with Gasteiger partial charge in [0.05, 0.1) is 14.5 Å². The second-order valence-corrected chi connectivity index (χ2v) is 5.96. The predicted octanol–water partition coefficient (Wildman–Crippen LogP) is 5.10. The van der Waals surface area contributed by atoms with Gasteiger partial charge in [0.15, 0.2) is 11.5 Å². The average Bonchev–Trinajstić information content (AvgIpc) is 2.89. The molecule has 2 aromatic rings. The zero-order valence-electron chi connectivity index (χ0n) is 10.3. The van der Waals surface area contributed by atoms with E-state index in [0.29, 0.717) is 16.6 Å². The summed E-state index contributed by atoms with van der Waals surface area (Å²) in [5.41, 5.74) is 1.99. The molecular weight excluding hydrogens is 365 g/mol. The highest BCUT2D eigenvalue weighted by atomic mass is 79.9. The summed E-state index contributed by atoms with van der Waals surface area (Å²) in [4.78, 5) is 0. The molecule has 0 unspecified atom stereocenters. The van der Waals surface area contributed by atoms with Crippen molar-refractivity contribution >= 4 is 44.8 Å². The largest absolute Gasteiger partial charge is 0.454 e. The highest BCUT2D eigenvalue weighted by molar-refractivity contribution is 9.10. The number of hydrogen-bond acceptors (Lipinski definition) is 3.